The lowest BCUT2D eigenvalue weighted by molar-refractivity contribution is -0.0243. The number of hydrogen-bond acceptors (Lipinski definition) is 3. The van der Waals surface area contributed by atoms with E-state index in [1.165, 1.54) is 16.3 Å². The Bertz CT molecular complexity index is 950. The number of amides is 2. The molecule has 2 bridgehead atoms. The number of nitrogens with zero attached hydrogens (tertiary/aromatic N) is 3. The average molecular weight is 434 g/mol. The summed E-state index contributed by atoms with van der Waals surface area (Å²) in [4.78, 5) is 17.9. The SMILES string of the molecule is CN(C)S(=O)(=O)c1ccc2c(c1)C[C@@H]1N(C(=O)N3CCCCC3)CC[C@@]2(C)C1(C)C. The molecule has 166 valence electrons. The van der Waals surface area contributed by atoms with Crippen molar-refractivity contribution in [3.8, 4) is 0 Å². The second-order valence-corrected chi connectivity index (χ2v) is 12.3. The molecule has 1 aromatic rings. The van der Waals surface area contributed by atoms with Crippen molar-refractivity contribution in [2.24, 2.45) is 5.41 Å². The smallest absolute Gasteiger partial charge is 0.320 e. The molecule has 3 aliphatic rings. The summed E-state index contributed by atoms with van der Waals surface area (Å²) >= 11 is 0. The minimum absolute atomic E-state index is 0.0653. The summed E-state index contributed by atoms with van der Waals surface area (Å²) in [6, 6.07) is 5.85. The zero-order valence-electron chi connectivity index (χ0n) is 18.9. The zero-order valence-corrected chi connectivity index (χ0v) is 19.8. The van der Waals surface area contributed by atoms with E-state index < -0.39 is 10.0 Å². The summed E-state index contributed by atoms with van der Waals surface area (Å²) in [6.45, 7) is 9.31. The average Bonchev–Trinajstić information content (AvgIpc) is 2.70. The Morgan fingerprint density at radius 2 is 1.73 bits per heavy atom. The maximum Gasteiger partial charge on any atom is 0.320 e. The first-order valence-corrected chi connectivity index (χ1v) is 12.6. The molecule has 0 radical (unpaired) electrons. The Morgan fingerprint density at radius 3 is 2.37 bits per heavy atom. The molecule has 0 spiro atoms. The molecule has 2 amide bonds. The van der Waals surface area contributed by atoms with Crippen molar-refractivity contribution in [1.82, 2.24) is 14.1 Å². The number of fused-ring (bicyclic) bond motifs is 4. The van der Waals surface area contributed by atoms with Crippen LogP contribution in [0.4, 0.5) is 4.79 Å². The van der Waals surface area contributed by atoms with E-state index in [4.69, 9.17) is 0 Å². The third-order valence-corrected chi connectivity index (χ3v) is 10.0. The molecule has 30 heavy (non-hydrogen) atoms. The van der Waals surface area contributed by atoms with Gasteiger partial charge in [-0.2, -0.15) is 0 Å². The first-order valence-electron chi connectivity index (χ1n) is 11.1. The molecular weight excluding hydrogens is 398 g/mol. The highest BCUT2D eigenvalue weighted by Crippen LogP contribution is 2.56. The van der Waals surface area contributed by atoms with Crippen molar-refractivity contribution < 1.29 is 13.2 Å². The number of likely N-dealkylation sites (tertiary alicyclic amines) is 2. The Morgan fingerprint density at radius 1 is 1.07 bits per heavy atom. The number of carbonyl (C=O) groups excluding carboxylic acids is 1. The van der Waals surface area contributed by atoms with E-state index in [2.05, 4.69) is 25.7 Å². The van der Waals surface area contributed by atoms with Gasteiger partial charge in [0, 0.05) is 45.2 Å². The standard InChI is InChI=1S/C23H35N3O3S/c1-22(2)20-16-17-15-18(30(28,29)24(4)5)9-10-19(17)23(22,3)11-14-26(20)21(27)25-12-7-6-8-13-25/h9-10,15,20H,6-8,11-14,16H2,1-5H3/t20-,23+/m0/s1. The highest BCUT2D eigenvalue weighted by molar-refractivity contribution is 7.89. The van der Waals surface area contributed by atoms with Crippen molar-refractivity contribution in [2.45, 2.75) is 69.2 Å². The molecule has 2 fully saturated rings. The highest BCUT2D eigenvalue weighted by atomic mass is 32.2. The van der Waals surface area contributed by atoms with Crippen molar-refractivity contribution in [1.29, 1.82) is 0 Å². The van der Waals surface area contributed by atoms with Gasteiger partial charge in [0.2, 0.25) is 10.0 Å². The topological polar surface area (TPSA) is 60.9 Å². The molecule has 0 unspecified atom stereocenters. The van der Waals surface area contributed by atoms with Gasteiger partial charge in [-0.3, -0.25) is 0 Å². The Kier molecular flexibility index (Phi) is 5.21. The maximum absolute atomic E-state index is 13.4. The fourth-order valence-corrected chi connectivity index (χ4v) is 6.73. The third kappa shape index (κ3) is 3.08. The molecule has 1 aromatic carbocycles. The number of rotatable bonds is 2. The summed E-state index contributed by atoms with van der Waals surface area (Å²) in [5.41, 5.74) is 2.13. The molecule has 6 nitrogen and oxygen atoms in total. The van der Waals surface area contributed by atoms with Crippen LogP contribution in [0.5, 0.6) is 0 Å². The molecule has 2 atom stereocenters. The van der Waals surface area contributed by atoms with Crippen LogP contribution in [0.2, 0.25) is 0 Å². The van der Waals surface area contributed by atoms with Crippen LogP contribution in [0.25, 0.3) is 0 Å². The largest absolute Gasteiger partial charge is 0.325 e. The first kappa shape index (κ1) is 21.6. The molecule has 7 heteroatoms. The van der Waals surface area contributed by atoms with E-state index in [0.29, 0.717) is 11.3 Å². The van der Waals surface area contributed by atoms with Crippen LogP contribution in [0.3, 0.4) is 0 Å². The second-order valence-electron chi connectivity index (χ2n) is 10.2. The molecule has 1 aliphatic carbocycles. The van der Waals surface area contributed by atoms with Crippen LogP contribution < -0.4 is 0 Å². The summed E-state index contributed by atoms with van der Waals surface area (Å²) in [5, 5.41) is 0. The van der Waals surface area contributed by atoms with Gasteiger partial charge in [0.05, 0.1) is 4.90 Å². The summed E-state index contributed by atoms with van der Waals surface area (Å²) in [5.74, 6) is 0. The lowest BCUT2D eigenvalue weighted by atomic mass is 9.51. The van der Waals surface area contributed by atoms with Crippen LogP contribution in [0.15, 0.2) is 23.1 Å². The van der Waals surface area contributed by atoms with Gasteiger partial charge >= 0.3 is 6.03 Å². The number of sulfonamides is 1. The summed E-state index contributed by atoms with van der Waals surface area (Å²) in [7, 11) is -0.360. The lowest BCUT2D eigenvalue weighted by Crippen LogP contribution is -2.66. The molecule has 2 saturated heterocycles. The van der Waals surface area contributed by atoms with Crippen molar-refractivity contribution >= 4 is 16.1 Å². The van der Waals surface area contributed by atoms with E-state index in [1.54, 1.807) is 20.2 Å². The van der Waals surface area contributed by atoms with Gasteiger partial charge in [-0.25, -0.2) is 17.5 Å². The summed E-state index contributed by atoms with van der Waals surface area (Å²) in [6.07, 6.45) is 4.96. The van der Waals surface area contributed by atoms with Crippen LogP contribution in [0.1, 0.15) is 57.6 Å². The predicted molar refractivity (Wildman–Crippen MR) is 118 cm³/mol. The molecular formula is C23H35N3O3S. The molecule has 0 saturated carbocycles. The Hall–Kier alpha value is -1.60. The van der Waals surface area contributed by atoms with Crippen molar-refractivity contribution in [3.63, 3.8) is 0 Å². The van der Waals surface area contributed by atoms with Crippen LogP contribution in [0, 0.1) is 5.41 Å². The van der Waals surface area contributed by atoms with Crippen LogP contribution >= 0.6 is 0 Å². The predicted octanol–water partition coefficient (Wildman–Crippen LogP) is 3.46. The number of carbonyl (C=O) groups is 1. The Labute approximate surface area is 181 Å². The number of urea groups is 1. The molecule has 4 rings (SSSR count). The normalized spacial score (nSPS) is 28.4. The van der Waals surface area contributed by atoms with E-state index in [9.17, 15) is 13.2 Å². The van der Waals surface area contributed by atoms with E-state index >= 15 is 0 Å². The first-order chi connectivity index (χ1) is 14.0. The van der Waals surface area contributed by atoms with Crippen molar-refractivity contribution in [3.05, 3.63) is 29.3 Å². The minimum Gasteiger partial charge on any atom is -0.325 e. The van der Waals surface area contributed by atoms with Gasteiger partial charge in [-0.15, -0.1) is 0 Å². The quantitative estimate of drug-likeness (QED) is 0.718. The number of hydrogen-bond donors (Lipinski definition) is 0. The van der Waals surface area contributed by atoms with Gasteiger partial charge in [0.25, 0.3) is 0 Å². The van der Waals surface area contributed by atoms with Gasteiger partial charge in [-0.05, 0) is 60.8 Å². The molecule has 2 heterocycles. The Balaban J connectivity index is 1.74. The van der Waals surface area contributed by atoms with E-state index in [-0.39, 0.29) is 22.9 Å². The number of piperidine rings is 2. The van der Waals surface area contributed by atoms with Crippen LogP contribution in [-0.2, 0) is 21.9 Å². The van der Waals surface area contributed by atoms with Gasteiger partial charge < -0.3 is 9.80 Å². The maximum atomic E-state index is 13.4. The molecule has 2 aliphatic heterocycles. The highest BCUT2D eigenvalue weighted by Gasteiger charge is 2.57. The van der Waals surface area contributed by atoms with E-state index in [0.717, 1.165) is 44.5 Å². The van der Waals surface area contributed by atoms with Gasteiger partial charge in [-0.1, -0.05) is 26.8 Å². The third-order valence-electron chi connectivity index (χ3n) is 8.22. The second kappa shape index (κ2) is 7.23. The van der Waals surface area contributed by atoms with Gasteiger partial charge in [0.15, 0.2) is 0 Å². The number of benzene rings is 1. The van der Waals surface area contributed by atoms with Crippen LogP contribution in [-0.4, -0.2) is 68.3 Å². The van der Waals surface area contributed by atoms with Gasteiger partial charge in [0.1, 0.15) is 0 Å². The van der Waals surface area contributed by atoms with E-state index in [1.807, 2.05) is 17.0 Å². The lowest BCUT2D eigenvalue weighted by Gasteiger charge is -2.61. The molecule has 0 aromatic heterocycles. The fraction of sp³-hybridized carbons (Fsp3) is 0.696. The zero-order chi connectivity index (χ0) is 21.9. The summed E-state index contributed by atoms with van der Waals surface area (Å²) < 4.78 is 26.7. The monoisotopic (exact) mass is 433 g/mol. The fourth-order valence-electron chi connectivity index (χ4n) is 5.78. The minimum atomic E-state index is -3.49. The van der Waals surface area contributed by atoms with Crippen molar-refractivity contribution in [2.75, 3.05) is 33.7 Å². The molecule has 0 N–H and O–H groups in total.